The maximum Gasteiger partial charge on any atom is 0.278 e. The average Bonchev–Trinajstić information content (AvgIpc) is 2.17. The molecule has 0 aromatic heterocycles. The van der Waals surface area contributed by atoms with Gasteiger partial charge in [-0.05, 0) is 33.6 Å². The van der Waals surface area contributed by atoms with Crippen molar-refractivity contribution >= 4 is 16.0 Å². The molecule has 0 saturated heterocycles. The highest BCUT2D eigenvalue weighted by Crippen LogP contribution is 2.27. The summed E-state index contributed by atoms with van der Waals surface area (Å²) in [7, 11) is -3.69. The van der Waals surface area contributed by atoms with E-state index in [-0.39, 0.29) is 5.84 Å². The molecule has 1 fully saturated rings. The molecule has 7 heteroatoms. The topological polar surface area (TPSA) is 108 Å². The van der Waals surface area contributed by atoms with Crippen molar-refractivity contribution in [1.82, 2.24) is 9.44 Å². The van der Waals surface area contributed by atoms with Crippen LogP contribution in [-0.4, -0.2) is 25.3 Å². The zero-order valence-electron chi connectivity index (χ0n) is 12.8. The molecule has 5 N–H and O–H groups in total. The quantitative estimate of drug-likeness (QED) is 0.468. The van der Waals surface area contributed by atoms with Gasteiger partial charge in [0.25, 0.3) is 10.2 Å². The zero-order valence-corrected chi connectivity index (χ0v) is 13.6. The fourth-order valence-corrected chi connectivity index (χ4v) is 4.31. The van der Waals surface area contributed by atoms with Gasteiger partial charge in [-0.25, -0.2) is 0 Å². The second kappa shape index (κ2) is 6.41. The molecule has 0 bridgehead atoms. The van der Waals surface area contributed by atoms with Crippen molar-refractivity contribution in [3.63, 3.8) is 0 Å². The third-order valence-electron chi connectivity index (χ3n) is 3.49. The van der Waals surface area contributed by atoms with E-state index in [1.165, 1.54) is 6.42 Å². The van der Waals surface area contributed by atoms with E-state index >= 15 is 0 Å². The Labute approximate surface area is 122 Å². The largest absolute Gasteiger partial charge is 0.386 e. The summed E-state index contributed by atoms with van der Waals surface area (Å²) >= 11 is 0. The van der Waals surface area contributed by atoms with Gasteiger partial charge in [0, 0.05) is 5.54 Å². The minimum Gasteiger partial charge on any atom is -0.386 e. The number of hydrogen-bond acceptors (Lipinski definition) is 3. The molecule has 6 nitrogen and oxygen atoms in total. The van der Waals surface area contributed by atoms with Crippen molar-refractivity contribution < 1.29 is 8.42 Å². The molecule has 0 atom stereocenters. The Morgan fingerprint density at radius 2 is 1.55 bits per heavy atom. The van der Waals surface area contributed by atoms with Crippen LogP contribution >= 0.6 is 0 Å². The van der Waals surface area contributed by atoms with Crippen LogP contribution in [0.4, 0.5) is 0 Å². The maximum absolute atomic E-state index is 12.2. The zero-order chi connectivity index (χ0) is 15.4. The minimum absolute atomic E-state index is 0.0846. The Morgan fingerprint density at radius 1 is 1.10 bits per heavy atom. The molecule has 1 rings (SSSR count). The van der Waals surface area contributed by atoms with Crippen molar-refractivity contribution in [2.45, 2.75) is 76.8 Å². The van der Waals surface area contributed by atoms with Gasteiger partial charge in [-0.3, -0.25) is 5.41 Å². The van der Waals surface area contributed by atoms with Gasteiger partial charge >= 0.3 is 0 Å². The van der Waals surface area contributed by atoms with Crippen LogP contribution in [-0.2, 0) is 10.2 Å². The summed E-state index contributed by atoms with van der Waals surface area (Å²) in [6.07, 6.45) is 6.24. The molecule has 0 amide bonds. The molecule has 118 valence electrons. The van der Waals surface area contributed by atoms with E-state index in [1.807, 2.05) is 0 Å². The Bertz CT molecular complexity index is 432. The van der Waals surface area contributed by atoms with Gasteiger partial charge in [0.1, 0.15) is 5.84 Å². The van der Waals surface area contributed by atoms with Crippen molar-refractivity contribution in [3.8, 4) is 0 Å². The molecule has 0 aromatic carbocycles. The molecule has 0 spiro atoms. The summed E-state index contributed by atoms with van der Waals surface area (Å²) in [6, 6.07) is 0. The molecule has 20 heavy (non-hydrogen) atoms. The lowest BCUT2D eigenvalue weighted by atomic mass is 9.84. The van der Waals surface area contributed by atoms with Gasteiger partial charge in [0.05, 0.1) is 5.54 Å². The molecule has 1 aliphatic carbocycles. The lowest BCUT2D eigenvalue weighted by Gasteiger charge is -2.36. The summed E-state index contributed by atoms with van der Waals surface area (Å²) in [6.45, 7) is 5.35. The minimum atomic E-state index is -3.69. The van der Waals surface area contributed by atoms with Crippen LogP contribution in [0.15, 0.2) is 0 Å². The lowest BCUT2D eigenvalue weighted by Crippen LogP contribution is -2.61. The molecular weight excluding hydrogens is 276 g/mol. The van der Waals surface area contributed by atoms with E-state index in [9.17, 15) is 8.42 Å². The van der Waals surface area contributed by atoms with Crippen LogP contribution < -0.4 is 15.2 Å². The van der Waals surface area contributed by atoms with Gasteiger partial charge in [-0.15, -0.1) is 0 Å². The Morgan fingerprint density at radius 3 is 1.95 bits per heavy atom. The van der Waals surface area contributed by atoms with Gasteiger partial charge in [-0.2, -0.15) is 17.9 Å². The lowest BCUT2D eigenvalue weighted by molar-refractivity contribution is 0.361. The summed E-state index contributed by atoms with van der Waals surface area (Å²) in [4.78, 5) is 0. The van der Waals surface area contributed by atoms with E-state index in [1.54, 1.807) is 20.8 Å². The number of amidine groups is 1. The first kappa shape index (κ1) is 17.4. The third-order valence-corrected chi connectivity index (χ3v) is 5.03. The molecule has 0 aromatic rings. The average molecular weight is 304 g/mol. The Hall–Kier alpha value is -0.660. The van der Waals surface area contributed by atoms with E-state index in [0.717, 1.165) is 25.7 Å². The highest BCUT2D eigenvalue weighted by Gasteiger charge is 2.38. The standard InChI is InChI=1S/C13H28N4O2S/c1-12(2,3)16-20(18,19)17-13(11(14)15)9-7-5-4-6-8-10-13/h16-17H,4-10H2,1-3H3,(H3,14,15). The fourth-order valence-electron chi connectivity index (χ4n) is 2.62. The molecular formula is C13H28N4O2S. The van der Waals surface area contributed by atoms with Crippen LogP contribution in [0.3, 0.4) is 0 Å². The molecule has 1 saturated carbocycles. The van der Waals surface area contributed by atoms with Crippen LogP contribution in [0.25, 0.3) is 0 Å². The summed E-state index contributed by atoms with van der Waals surface area (Å²) in [5.74, 6) is -0.0846. The van der Waals surface area contributed by atoms with Crippen molar-refractivity contribution in [1.29, 1.82) is 5.41 Å². The van der Waals surface area contributed by atoms with Gasteiger partial charge in [-0.1, -0.05) is 32.1 Å². The van der Waals surface area contributed by atoms with Crippen LogP contribution in [0, 0.1) is 5.41 Å². The van der Waals surface area contributed by atoms with E-state index in [0.29, 0.717) is 12.8 Å². The smallest absolute Gasteiger partial charge is 0.278 e. The maximum atomic E-state index is 12.2. The van der Waals surface area contributed by atoms with Gasteiger partial charge < -0.3 is 5.73 Å². The number of nitrogens with two attached hydrogens (primary N) is 1. The van der Waals surface area contributed by atoms with Gasteiger partial charge in [0.15, 0.2) is 0 Å². The predicted molar refractivity (Wildman–Crippen MR) is 81.9 cm³/mol. The summed E-state index contributed by atoms with van der Waals surface area (Å²) in [5, 5.41) is 7.84. The SMILES string of the molecule is CC(C)(C)NS(=O)(=O)NC1(C(=N)N)CCCCCCC1. The monoisotopic (exact) mass is 304 g/mol. The normalized spacial score (nSPS) is 20.9. The molecule has 0 radical (unpaired) electrons. The molecule has 0 aliphatic heterocycles. The fraction of sp³-hybridized carbons (Fsp3) is 0.923. The molecule has 0 unspecified atom stereocenters. The summed E-state index contributed by atoms with van der Waals surface area (Å²) in [5.41, 5.74) is 4.23. The Kier molecular flexibility index (Phi) is 5.57. The van der Waals surface area contributed by atoms with Crippen LogP contribution in [0.1, 0.15) is 65.7 Å². The second-order valence-corrected chi connectivity index (χ2v) is 8.14. The number of rotatable bonds is 4. The first-order chi connectivity index (χ1) is 9.06. The Balaban J connectivity index is 2.93. The second-order valence-electron chi connectivity index (χ2n) is 6.72. The third kappa shape index (κ3) is 5.38. The van der Waals surface area contributed by atoms with E-state index < -0.39 is 21.3 Å². The van der Waals surface area contributed by atoms with Gasteiger partial charge in [0.2, 0.25) is 0 Å². The molecule has 0 heterocycles. The van der Waals surface area contributed by atoms with Crippen molar-refractivity contribution in [3.05, 3.63) is 0 Å². The first-order valence-corrected chi connectivity index (χ1v) is 8.72. The number of nitrogens with one attached hydrogen (secondary N) is 3. The molecule has 1 aliphatic rings. The van der Waals surface area contributed by atoms with E-state index in [4.69, 9.17) is 11.1 Å². The van der Waals surface area contributed by atoms with Crippen LogP contribution in [0.2, 0.25) is 0 Å². The predicted octanol–water partition coefficient (Wildman–Crippen LogP) is 1.63. The first-order valence-electron chi connectivity index (χ1n) is 7.24. The highest BCUT2D eigenvalue weighted by atomic mass is 32.2. The highest BCUT2D eigenvalue weighted by molar-refractivity contribution is 7.87. The van der Waals surface area contributed by atoms with Crippen molar-refractivity contribution in [2.24, 2.45) is 5.73 Å². The van der Waals surface area contributed by atoms with Crippen molar-refractivity contribution in [2.75, 3.05) is 0 Å². The number of hydrogen-bond donors (Lipinski definition) is 4. The summed E-state index contributed by atoms with van der Waals surface area (Å²) < 4.78 is 29.7. The van der Waals surface area contributed by atoms with E-state index in [2.05, 4.69) is 9.44 Å². The van der Waals surface area contributed by atoms with Crippen LogP contribution in [0.5, 0.6) is 0 Å².